The molecule has 16 heavy (non-hydrogen) atoms. The lowest BCUT2D eigenvalue weighted by molar-refractivity contribution is 0.707. The van der Waals surface area contributed by atoms with Gasteiger partial charge in [-0.25, -0.2) is 4.98 Å². The molecule has 0 radical (unpaired) electrons. The van der Waals surface area contributed by atoms with Crippen molar-refractivity contribution in [2.45, 2.75) is 46.5 Å². The molecule has 1 heterocycles. The van der Waals surface area contributed by atoms with Crippen LogP contribution in [0, 0.1) is 6.92 Å². The summed E-state index contributed by atoms with van der Waals surface area (Å²) in [4.78, 5) is 18.9. The fraction of sp³-hybridized carbons (Fsp3) is 0.667. The largest absolute Gasteiger partial charge is 0.356 e. The Morgan fingerprint density at radius 1 is 1.31 bits per heavy atom. The zero-order valence-corrected chi connectivity index (χ0v) is 10.4. The number of aryl methyl sites for hydroxylation is 1. The molecule has 0 atom stereocenters. The summed E-state index contributed by atoms with van der Waals surface area (Å²) in [5, 5.41) is 3.02. The van der Waals surface area contributed by atoms with Crippen LogP contribution in [0.2, 0.25) is 0 Å². The van der Waals surface area contributed by atoms with Crippen molar-refractivity contribution in [3.05, 3.63) is 21.6 Å². The molecular weight excluding hydrogens is 202 g/mol. The number of rotatable bonds is 6. The monoisotopic (exact) mass is 223 g/mol. The number of hydrogen-bond donors (Lipinski definition) is 2. The first-order chi connectivity index (χ1) is 7.69. The first kappa shape index (κ1) is 12.7. The van der Waals surface area contributed by atoms with Gasteiger partial charge in [-0.3, -0.25) is 9.78 Å². The normalized spacial score (nSPS) is 10.4. The van der Waals surface area contributed by atoms with E-state index < -0.39 is 0 Å². The Balaban J connectivity index is 2.81. The lowest BCUT2D eigenvalue weighted by atomic mass is 10.1. The number of hydrogen-bond acceptors (Lipinski definition) is 3. The van der Waals surface area contributed by atoms with Crippen LogP contribution in [0.1, 0.15) is 44.4 Å². The van der Waals surface area contributed by atoms with Gasteiger partial charge in [-0.05, 0) is 26.7 Å². The van der Waals surface area contributed by atoms with Gasteiger partial charge in [0.15, 0.2) is 0 Å². The van der Waals surface area contributed by atoms with Crippen molar-refractivity contribution in [1.82, 2.24) is 9.97 Å². The van der Waals surface area contributed by atoms with Crippen LogP contribution in [-0.4, -0.2) is 16.5 Å². The van der Waals surface area contributed by atoms with E-state index in [4.69, 9.17) is 0 Å². The molecule has 4 nitrogen and oxygen atoms in total. The fourth-order valence-electron chi connectivity index (χ4n) is 1.71. The van der Waals surface area contributed by atoms with Crippen LogP contribution in [-0.2, 0) is 6.42 Å². The van der Waals surface area contributed by atoms with Crippen LogP contribution in [0.4, 0.5) is 5.95 Å². The molecule has 1 rings (SSSR count). The second-order valence-corrected chi connectivity index (χ2v) is 3.97. The van der Waals surface area contributed by atoms with Gasteiger partial charge >= 0.3 is 0 Å². The van der Waals surface area contributed by atoms with Gasteiger partial charge in [0, 0.05) is 17.8 Å². The number of unbranched alkanes of at least 4 members (excludes halogenated alkanes) is 2. The molecule has 90 valence electrons. The van der Waals surface area contributed by atoms with Crippen LogP contribution < -0.4 is 10.9 Å². The smallest absolute Gasteiger partial charge is 0.255 e. The maximum absolute atomic E-state index is 11.8. The Morgan fingerprint density at radius 2 is 2.06 bits per heavy atom. The molecule has 2 N–H and O–H groups in total. The molecule has 1 aromatic rings. The summed E-state index contributed by atoms with van der Waals surface area (Å²) in [6.45, 7) is 6.79. The van der Waals surface area contributed by atoms with Gasteiger partial charge in [-0.1, -0.05) is 19.8 Å². The van der Waals surface area contributed by atoms with Crippen molar-refractivity contribution < 1.29 is 0 Å². The molecule has 0 saturated heterocycles. The van der Waals surface area contributed by atoms with Crippen molar-refractivity contribution in [1.29, 1.82) is 0 Å². The molecule has 1 aromatic heterocycles. The van der Waals surface area contributed by atoms with Crippen LogP contribution in [0.3, 0.4) is 0 Å². The van der Waals surface area contributed by atoms with E-state index in [1.165, 1.54) is 6.42 Å². The molecule has 4 heteroatoms. The average molecular weight is 223 g/mol. The lowest BCUT2D eigenvalue weighted by Gasteiger charge is -2.07. The van der Waals surface area contributed by atoms with E-state index in [2.05, 4.69) is 22.2 Å². The van der Waals surface area contributed by atoms with Crippen LogP contribution in [0.25, 0.3) is 0 Å². The second kappa shape index (κ2) is 6.30. The minimum atomic E-state index is -0.000414. The molecule has 0 spiro atoms. The summed E-state index contributed by atoms with van der Waals surface area (Å²) < 4.78 is 0. The molecule has 0 aromatic carbocycles. The topological polar surface area (TPSA) is 57.8 Å². The molecule has 0 fully saturated rings. The number of aromatic nitrogens is 2. The number of nitrogens with one attached hydrogen (secondary N) is 2. The molecule has 0 unspecified atom stereocenters. The molecule has 0 aliphatic heterocycles. The van der Waals surface area contributed by atoms with Crippen molar-refractivity contribution in [3.8, 4) is 0 Å². The SMILES string of the molecule is CCCCCc1c(C)nc(NCC)[nH]c1=O. The van der Waals surface area contributed by atoms with E-state index in [-0.39, 0.29) is 5.56 Å². The summed E-state index contributed by atoms with van der Waals surface area (Å²) in [5.41, 5.74) is 1.67. The maximum Gasteiger partial charge on any atom is 0.255 e. The predicted octanol–water partition coefficient (Wildman–Crippen LogP) is 2.24. The van der Waals surface area contributed by atoms with Crippen LogP contribution in [0.5, 0.6) is 0 Å². The molecule has 0 aliphatic rings. The number of H-pyrrole nitrogens is 1. The zero-order chi connectivity index (χ0) is 12.0. The van der Waals surface area contributed by atoms with Crippen molar-refractivity contribution in [2.24, 2.45) is 0 Å². The van der Waals surface area contributed by atoms with Crippen LogP contribution >= 0.6 is 0 Å². The Hall–Kier alpha value is -1.32. The van der Waals surface area contributed by atoms with E-state index in [9.17, 15) is 4.79 Å². The summed E-state index contributed by atoms with van der Waals surface area (Å²) >= 11 is 0. The van der Waals surface area contributed by atoms with E-state index in [1.54, 1.807) is 0 Å². The zero-order valence-electron chi connectivity index (χ0n) is 10.4. The van der Waals surface area contributed by atoms with Gasteiger partial charge in [-0.2, -0.15) is 0 Å². The number of anilines is 1. The van der Waals surface area contributed by atoms with Gasteiger partial charge in [0.1, 0.15) is 0 Å². The fourth-order valence-corrected chi connectivity index (χ4v) is 1.71. The van der Waals surface area contributed by atoms with Gasteiger partial charge in [-0.15, -0.1) is 0 Å². The summed E-state index contributed by atoms with van der Waals surface area (Å²) in [7, 11) is 0. The minimum Gasteiger partial charge on any atom is -0.356 e. The highest BCUT2D eigenvalue weighted by Gasteiger charge is 2.06. The van der Waals surface area contributed by atoms with Gasteiger partial charge in [0.2, 0.25) is 5.95 Å². The maximum atomic E-state index is 11.8. The van der Waals surface area contributed by atoms with Crippen molar-refractivity contribution in [3.63, 3.8) is 0 Å². The highest BCUT2D eigenvalue weighted by atomic mass is 16.1. The molecule has 0 bridgehead atoms. The Bertz CT molecular complexity index is 384. The summed E-state index contributed by atoms with van der Waals surface area (Å²) in [6, 6.07) is 0. The third kappa shape index (κ3) is 3.36. The predicted molar refractivity (Wildman–Crippen MR) is 67.0 cm³/mol. The summed E-state index contributed by atoms with van der Waals surface area (Å²) in [6.07, 6.45) is 4.21. The molecule has 0 amide bonds. The molecule has 0 aliphatic carbocycles. The standard InChI is InChI=1S/C12H21N3O/c1-4-6-7-8-10-9(3)14-12(13-5-2)15-11(10)16/h4-8H2,1-3H3,(H2,13,14,15,16). The van der Waals surface area contributed by atoms with Gasteiger partial charge in [0.25, 0.3) is 5.56 Å². The molecule has 0 saturated carbocycles. The third-order valence-electron chi connectivity index (χ3n) is 2.60. The van der Waals surface area contributed by atoms with Gasteiger partial charge in [0.05, 0.1) is 0 Å². The second-order valence-electron chi connectivity index (χ2n) is 3.97. The molecular formula is C12H21N3O. The highest BCUT2D eigenvalue weighted by molar-refractivity contribution is 5.28. The first-order valence-corrected chi connectivity index (χ1v) is 6.02. The first-order valence-electron chi connectivity index (χ1n) is 6.02. The van der Waals surface area contributed by atoms with Crippen molar-refractivity contribution in [2.75, 3.05) is 11.9 Å². The van der Waals surface area contributed by atoms with E-state index in [1.807, 2.05) is 13.8 Å². The quantitative estimate of drug-likeness (QED) is 0.727. The van der Waals surface area contributed by atoms with Crippen molar-refractivity contribution >= 4 is 5.95 Å². The van der Waals surface area contributed by atoms with E-state index in [0.717, 1.165) is 37.1 Å². The average Bonchev–Trinajstić information content (AvgIpc) is 2.23. The van der Waals surface area contributed by atoms with E-state index in [0.29, 0.717) is 5.95 Å². The van der Waals surface area contributed by atoms with Crippen LogP contribution in [0.15, 0.2) is 4.79 Å². The minimum absolute atomic E-state index is 0.000414. The van der Waals surface area contributed by atoms with Gasteiger partial charge < -0.3 is 5.32 Å². The number of nitrogens with zero attached hydrogens (tertiary/aromatic N) is 1. The Morgan fingerprint density at radius 3 is 2.62 bits per heavy atom. The Kier molecular flexibility index (Phi) is 5.02. The highest BCUT2D eigenvalue weighted by Crippen LogP contribution is 2.07. The van der Waals surface area contributed by atoms with E-state index >= 15 is 0 Å². The summed E-state index contributed by atoms with van der Waals surface area (Å²) in [5.74, 6) is 0.573. The Labute approximate surface area is 96.5 Å². The number of aromatic amines is 1. The lowest BCUT2D eigenvalue weighted by Crippen LogP contribution is -2.19. The third-order valence-corrected chi connectivity index (χ3v) is 2.60.